The van der Waals surface area contributed by atoms with Crippen LogP contribution >= 0.6 is 11.8 Å². The Morgan fingerprint density at radius 1 is 0.852 bits per heavy atom. The van der Waals surface area contributed by atoms with Crippen LogP contribution in [0.1, 0.15) is 22.3 Å². The smallest absolute Gasteiger partial charge is 0.143 e. The van der Waals surface area contributed by atoms with Crippen LogP contribution in [0.15, 0.2) is 58.5 Å². The van der Waals surface area contributed by atoms with Crippen molar-refractivity contribution in [3.63, 3.8) is 0 Å². The van der Waals surface area contributed by atoms with Crippen LogP contribution in [-0.4, -0.2) is 4.98 Å². The molecule has 0 bridgehead atoms. The lowest BCUT2D eigenvalue weighted by Crippen LogP contribution is -2.03. The molecule has 27 heavy (non-hydrogen) atoms. The van der Waals surface area contributed by atoms with Gasteiger partial charge in [0.15, 0.2) is 0 Å². The standard InChI is InChI=1S/C21H13N5S/c1-13-2-8-16(9-3-13)27-21-18(12-24)19(17(11-23)20(25)26-21)15-6-4-14(10-22)5-7-15/h2-9H,1H3,(H2,25,26). The van der Waals surface area contributed by atoms with Crippen molar-refractivity contribution in [2.24, 2.45) is 0 Å². The van der Waals surface area contributed by atoms with E-state index in [0.29, 0.717) is 21.7 Å². The largest absolute Gasteiger partial charge is 0.383 e. The Balaban J connectivity index is 2.20. The molecule has 128 valence electrons. The minimum Gasteiger partial charge on any atom is -0.383 e. The molecule has 6 heteroatoms. The van der Waals surface area contributed by atoms with Crippen molar-refractivity contribution in [1.29, 1.82) is 15.8 Å². The molecule has 0 aliphatic rings. The number of hydrogen-bond acceptors (Lipinski definition) is 6. The van der Waals surface area contributed by atoms with Gasteiger partial charge in [-0.05, 0) is 36.8 Å². The molecule has 0 atom stereocenters. The van der Waals surface area contributed by atoms with E-state index in [1.807, 2.05) is 31.2 Å². The summed E-state index contributed by atoms with van der Waals surface area (Å²) >= 11 is 1.32. The van der Waals surface area contributed by atoms with Gasteiger partial charge in [-0.3, -0.25) is 0 Å². The maximum atomic E-state index is 9.79. The van der Waals surface area contributed by atoms with E-state index in [9.17, 15) is 10.5 Å². The fraction of sp³-hybridized carbons (Fsp3) is 0.0476. The number of nitrogen functional groups attached to an aromatic ring is 1. The van der Waals surface area contributed by atoms with Gasteiger partial charge in [-0.1, -0.05) is 41.6 Å². The Hall–Kier alpha value is -3.79. The highest BCUT2D eigenvalue weighted by molar-refractivity contribution is 7.99. The molecule has 0 aliphatic heterocycles. The van der Waals surface area contributed by atoms with Crippen molar-refractivity contribution in [3.05, 3.63) is 70.8 Å². The summed E-state index contributed by atoms with van der Waals surface area (Å²) in [5.41, 5.74) is 9.16. The van der Waals surface area contributed by atoms with Gasteiger partial charge in [0.25, 0.3) is 0 Å². The summed E-state index contributed by atoms with van der Waals surface area (Å²) < 4.78 is 0. The molecule has 0 radical (unpaired) electrons. The number of benzene rings is 2. The lowest BCUT2D eigenvalue weighted by Gasteiger charge is -2.13. The van der Waals surface area contributed by atoms with Crippen LogP contribution in [0, 0.1) is 40.9 Å². The molecule has 0 unspecified atom stereocenters. The molecule has 2 N–H and O–H groups in total. The number of anilines is 1. The van der Waals surface area contributed by atoms with E-state index >= 15 is 0 Å². The van der Waals surface area contributed by atoms with Crippen LogP contribution < -0.4 is 5.73 Å². The van der Waals surface area contributed by atoms with Gasteiger partial charge in [-0.25, -0.2) is 4.98 Å². The van der Waals surface area contributed by atoms with Gasteiger partial charge in [-0.2, -0.15) is 15.8 Å². The van der Waals surface area contributed by atoms with Gasteiger partial charge in [0.05, 0.1) is 17.2 Å². The van der Waals surface area contributed by atoms with E-state index in [0.717, 1.165) is 10.5 Å². The van der Waals surface area contributed by atoms with E-state index in [2.05, 4.69) is 23.2 Å². The SMILES string of the molecule is Cc1ccc(Sc2nc(N)c(C#N)c(-c3ccc(C#N)cc3)c2C#N)cc1. The highest BCUT2D eigenvalue weighted by Gasteiger charge is 2.20. The summed E-state index contributed by atoms with van der Waals surface area (Å²) in [6.07, 6.45) is 0. The Morgan fingerprint density at radius 3 is 2.04 bits per heavy atom. The molecule has 0 saturated carbocycles. The van der Waals surface area contributed by atoms with Crippen LogP contribution in [0.3, 0.4) is 0 Å². The Morgan fingerprint density at radius 2 is 1.48 bits per heavy atom. The monoisotopic (exact) mass is 367 g/mol. The second-order valence-corrected chi connectivity index (χ2v) is 6.82. The third kappa shape index (κ3) is 3.60. The topological polar surface area (TPSA) is 110 Å². The molecule has 0 spiro atoms. The zero-order chi connectivity index (χ0) is 19.4. The zero-order valence-corrected chi connectivity index (χ0v) is 15.2. The number of nitrogens with two attached hydrogens (primary N) is 1. The first-order chi connectivity index (χ1) is 13.1. The maximum Gasteiger partial charge on any atom is 0.143 e. The van der Waals surface area contributed by atoms with E-state index < -0.39 is 0 Å². The average molecular weight is 367 g/mol. The van der Waals surface area contributed by atoms with Crippen LogP contribution in [0.2, 0.25) is 0 Å². The fourth-order valence-electron chi connectivity index (χ4n) is 2.59. The number of nitrogens with zero attached hydrogens (tertiary/aromatic N) is 4. The summed E-state index contributed by atoms with van der Waals surface area (Å²) in [5.74, 6) is 0.0745. The quantitative estimate of drug-likeness (QED) is 0.734. The number of pyridine rings is 1. The zero-order valence-electron chi connectivity index (χ0n) is 14.4. The number of rotatable bonds is 3. The summed E-state index contributed by atoms with van der Waals surface area (Å²) in [7, 11) is 0. The molecule has 1 aromatic heterocycles. The van der Waals surface area contributed by atoms with Gasteiger partial charge in [0.1, 0.15) is 28.5 Å². The van der Waals surface area contributed by atoms with Crippen molar-refractivity contribution in [2.45, 2.75) is 16.8 Å². The second-order valence-electron chi connectivity index (χ2n) is 5.76. The molecule has 3 aromatic rings. The van der Waals surface area contributed by atoms with Gasteiger partial charge in [0.2, 0.25) is 0 Å². The molecule has 0 aliphatic carbocycles. The first kappa shape index (κ1) is 18.0. The summed E-state index contributed by atoms with van der Waals surface area (Å²) in [5, 5.41) is 28.8. The lowest BCUT2D eigenvalue weighted by molar-refractivity contribution is 1.11. The van der Waals surface area contributed by atoms with Crippen LogP contribution in [0.25, 0.3) is 11.1 Å². The predicted octanol–water partition coefficient (Wildman–Crippen LogP) is 4.41. The van der Waals surface area contributed by atoms with Crippen LogP contribution in [-0.2, 0) is 0 Å². The minimum atomic E-state index is 0.0745. The third-order valence-electron chi connectivity index (χ3n) is 3.95. The predicted molar refractivity (Wildman–Crippen MR) is 104 cm³/mol. The molecule has 5 nitrogen and oxygen atoms in total. The molecule has 0 amide bonds. The first-order valence-corrected chi connectivity index (χ1v) is 8.77. The second kappa shape index (κ2) is 7.62. The molecule has 1 heterocycles. The van der Waals surface area contributed by atoms with Crippen LogP contribution in [0.5, 0.6) is 0 Å². The normalized spacial score (nSPS) is 9.85. The van der Waals surface area contributed by atoms with Gasteiger partial charge in [-0.15, -0.1) is 0 Å². The Labute approximate surface area is 161 Å². The van der Waals surface area contributed by atoms with E-state index in [-0.39, 0.29) is 16.9 Å². The molecular weight excluding hydrogens is 354 g/mol. The summed E-state index contributed by atoms with van der Waals surface area (Å²) in [6.45, 7) is 2.00. The third-order valence-corrected chi connectivity index (χ3v) is 4.95. The lowest BCUT2D eigenvalue weighted by atomic mass is 9.96. The first-order valence-electron chi connectivity index (χ1n) is 7.96. The highest BCUT2D eigenvalue weighted by Crippen LogP contribution is 2.38. The van der Waals surface area contributed by atoms with Gasteiger partial charge < -0.3 is 5.73 Å². The number of nitriles is 3. The molecule has 2 aromatic carbocycles. The van der Waals surface area contributed by atoms with E-state index in [1.54, 1.807) is 24.3 Å². The van der Waals surface area contributed by atoms with Gasteiger partial charge >= 0.3 is 0 Å². The Kier molecular flexibility index (Phi) is 5.08. The summed E-state index contributed by atoms with van der Waals surface area (Å²) in [6, 6.07) is 20.8. The van der Waals surface area contributed by atoms with E-state index in [1.165, 1.54) is 11.8 Å². The molecule has 0 saturated heterocycles. The Bertz CT molecular complexity index is 1130. The number of aromatic nitrogens is 1. The molecular formula is C21H13N5S. The minimum absolute atomic E-state index is 0.0745. The van der Waals surface area contributed by atoms with Crippen molar-refractivity contribution >= 4 is 17.6 Å². The maximum absolute atomic E-state index is 9.79. The molecule has 0 fully saturated rings. The summed E-state index contributed by atoms with van der Waals surface area (Å²) in [4.78, 5) is 5.21. The number of aryl methyl sites for hydroxylation is 1. The van der Waals surface area contributed by atoms with Crippen molar-refractivity contribution < 1.29 is 0 Å². The van der Waals surface area contributed by atoms with Crippen molar-refractivity contribution in [1.82, 2.24) is 4.98 Å². The van der Waals surface area contributed by atoms with E-state index in [4.69, 9.17) is 11.0 Å². The van der Waals surface area contributed by atoms with Crippen molar-refractivity contribution in [2.75, 3.05) is 5.73 Å². The van der Waals surface area contributed by atoms with Gasteiger partial charge in [0, 0.05) is 10.5 Å². The van der Waals surface area contributed by atoms with Crippen molar-refractivity contribution in [3.8, 4) is 29.3 Å². The average Bonchev–Trinajstić information content (AvgIpc) is 2.69. The van der Waals surface area contributed by atoms with Crippen LogP contribution in [0.4, 0.5) is 5.82 Å². The number of hydrogen-bond donors (Lipinski definition) is 1. The molecule has 3 rings (SSSR count). The highest BCUT2D eigenvalue weighted by atomic mass is 32.2. The fourth-order valence-corrected chi connectivity index (χ4v) is 3.48.